The summed E-state index contributed by atoms with van der Waals surface area (Å²) in [4.78, 5) is 16.5. The number of rotatable bonds is 7. The summed E-state index contributed by atoms with van der Waals surface area (Å²) < 4.78 is 12.2. The molecule has 3 rings (SSSR count). The molecule has 2 aromatic heterocycles. The highest BCUT2D eigenvalue weighted by molar-refractivity contribution is 5.90. The number of hydrogen-bond donors (Lipinski definition) is 1. The fourth-order valence-electron chi connectivity index (χ4n) is 2.59. The minimum atomic E-state index is -0.122. The van der Waals surface area contributed by atoms with Crippen LogP contribution >= 0.6 is 0 Å². The van der Waals surface area contributed by atoms with Gasteiger partial charge < -0.3 is 14.6 Å². The molecule has 0 spiro atoms. The number of methoxy groups -OCH3 is 1. The summed E-state index contributed by atoms with van der Waals surface area (Å²) in [5, 5.41) is 11.1. The van der Waals surface area contributed by atoms with E-state index in [4.69, 9.17) is 9.26 Å². The molecular formula is C20H25N5O3. The van der Waals surface area contributed by atoms with Gasteiger partial charge >= 0.3 is 0 Å². The van der Waals surface area contributed by atoms with Gasteiger partial charge in [-0.15, -0.1) is 0 Å². The fourth-order valence-corrected chi connectivity index (χ4v) is 2.59. The maximum absolute atomic E-state index is 12.1. The highest BCUT2D eigenvalue weighted by atomic mass is 16.5. The van der Waals surface area contributed by atoms with Gasteiger partial charge in [0, 0.05) is 24.6 Å². The Kier molecular flexibility index (Phi) is 5.77. The second-order valence-corrected chi connectivity index (χ2v) is 7.49. The van der Waals surface area contributed by atoms with Gasteiger partial charge in [0.15, 0.2) is 0 Å². The van der Waals surface area contributed by atoms with Crippen molar-refractivity contribution in [3.8, 4) is 17.1 Å². The average Bonchev–Trinajstić information content (AvgIpc) is 3.31. The van der Waals surface area contributed by atoms with Crippen LogP contribution in [0.15, 0.2) is 41.2 Å². The number of aromatic nitrogens is 4. The van der Waals surface area contributed by atoms with Crippen LogP contribution in [0.2, 0.25) is 0 Å². The quantitative estimate of drug-likeness (QED) is 0.669. The van der Waals surface area contributed by atoms with Crippen molar-refractivity contribution in [2.45, 2.75) is 45.6 Å². The van der Waals surface area contributed by atoms with Crippen molar-refractivity contribution in [2.24, 2.45) is 0 Å². The van der Waals surface area contributed by atoms with E-state index < -0.39 is 0 Å². The maximum atomic E-state index is 12.1. The minimum absolute atomic E-state index is 0.0663. The molecule has 0 saturated heterocycles. The molecule has 0 bridgehead atoms. The molecule has 28 heavy (non-hydrogen) atoms. The van der Waals surface area contributed by atoms with Crippen LogP contribution in [0.4, 0.5) is 5.69 Å². The summed E-state index contributed by atoms with van der Waals surface area (Å²) >= 11 is 0. The summed E-state index contributed by atoms with van der Waals surface area (Å²) in [5.74, 6) is 1.74. The number of nitrogens with one attached hydrogen (secondary N) is 1. The first kappa shape index (κ1) is 19.6. The second-order valence-electron chi connectivity index (χ2n) is 7.49. The molecule has 0 aliphatic rings. The molecule has 2 heterocycles. The molecule has 148 valence electrons. The van der Waals surface area contributed by atoms with E-state index in [9.17, 15) is 4.79 Å². The predicted molar refractivity (Wildman–Crippen MR) is 105 cm³/mol. The molecule has 1 N–H and O–H groups in total. The third-order valence-electron chi connectivity index (χ3n) is 4.16. The van der Waals surface area contributed by atoms with Gasteiger partial charge in [0.05, 0.1) is 24.5 Å². The van der Waals surface area contributed by atoms with Gasteiger partial charge in [-0.2, -0.15) is 10.1 Å². The van der Waals surface area contributed by atoms with Gasteiger partial charge in [-0.1, -0.05) is 5.16 Å². The highest BCUT2D eigenvalue weighted by Gasteiger charge is 2.15. The fraction of sp³-hybridized carbons (Fsp3) is 0.400. The van der Waals surface area contributed by atoms with E-state index in [0.717, 1.165) is 11.3 Å². The monoisotopic (exact) mass is 383 g/mol. The van der Waals surface area contributed by atoms with Crippen molar-refractivity contribution in [1.29, 1.82) is 0 Å². The topological polar surface area (TPSA) is 95.1 Å². The Balaban J connectivity index is 1.47. The van der Waals surface area contributed by atoms with Gasteiger partial charge in [-0.3, -0.25) is 9.48 Å². The highest BCUT2D eigenvalue weighted by Crippen LogP contribution is 2.20. The minimum Gasteiger partial charge on any atom is -0.497 e. The average molecular weight is 383 g/mol. The molecule has 0 radical (unpaired) electrons. The van der Waals surface area contributed by atoms with Gasteiger partial charge in [0.25, 0.3) is 0 Å². The van der Waals surface area contributed by atoms with Crippen LogP contribution in [0, 0.1) is 0 Å². The number of anilines is 1. The summed E-state index contributed by atoms with van der Waals surface area (Å²) in [7, 11) is 1.62. The Bertz CT molecular complexity index is 922. The van der Waals surface area contributed by atoms with Gasteiger partial charge in [0.1, 0.15) is 5.75 Å². The van der Waals surface area contributed by atoms with E-state index in [2.05, 4.69) is 41.3 Å². The Morgan fingerprint density at radius 3 is 2.64 bits per heavy atom. The largest absolute Gasteiger partial charge is 0.497 e. The predicted octanol–water partition coefficient (Wildman–Crippen LogP) is 3.66. The molecule has 8 heteroatoms. The van der Waals surface area contributed by atoms with E-state index in [1.807, 2.05) is 35.1 Å². The summed E-state index contributed by atoms with van der Waals surface area (Å²) in [5.41, 5.74) is 1.42. The number of nitrogens with zero attached hydrogens (tertiary/aromatic N) is 4. The number of hydrogen-bond acceptors (Lipinski definition) is 6. The number of amides is 1. The zero-order chi connectivity index (χ0) is 20.1. The van der Waals surface area contributed by atoms with Crippen LogP contribution in [0.25, 0.3) is 11.4 Å². The van der Waals surface area contributed by atoms with Crippen molar-refractivity contribution in [1.82, 2.24) is 19.9 Å². The summed E-state index contributed by atoms with van der Waals surface area (Å²) in [6.45, 7) is 6.16. The lowest BCUT2D eigenvalue weighted by Gasteiger charge is -2.18. The molecule has 0 saturated carbocycles. The Morgan fingerprint density at radius 2 is 2.00 bits per heavy atom. The molecule has 0 atom stereocenters. The second kappa shape index (κ2) is 8.24. The Morgan fingerprint density at radius 1 is 1.25 bits per heavy atom. The van der Waals surface area contributed by atoms with Crippen molar-refractivity contribution >= 4 is 11.6 Å². The van der Waals surface area contributed by atoms with Crippen LogP contribution < -0.4 is 10.1 Å². The number of ether oxygens (including phenoxy) is 1. The molecule has 8 nitrogen and oxygen atoms in total. The number of carbonyl (C=O) groups excluding carboxylic acids is 1. The number of benzene rings is 1. The molecule has 1 amide bonds. The molecule has 3 aromatic rings. The lowest BCUT2D eigenvalue weighted by Crippen LogP contribution is -2.22. The zero-order valence-electron chi connectivity index (χ0n) is 16.6. The smallest absolute Gasteiger partial charge is 0.226 e. The zero-order valence-corrected chi connectivity index (χ0v) is 16.6. The third kappa shape index (κ3) is 4.97. The molecule has 0 fully saturated rings. The van der Waals surface area contributed by atoms with Gasteiger partial charge in [-0.25, -0.2) is 0 Å². The van der Waals surface area contributed by atoms with Crippen molar-refractivity contribution in [2.75, 3.05) is 12.4 Å². The van der Waals surface area contributed by atoms with Gasteiger partial charge in [0.2, 0.25) is 17.6 Å². The Hall–Kier alpha value is -3.16. The molecule has 1 aromatic carbocycles. The molecule has 0 unspecified atom stereocenters. The van der Waals surface area contributed by atoms with Crippen LogP contribution in [-0.4, -0.2) is 32.9 Å². The normalized spacial score (nSPS) is 11.4. The first-order valence-electron chi connectivity index (χ1n) is 9.17. The van der Waals surface area contributed by atoms with Crippen LogP contribution in [0.5, 0.6) is 5.75 Å². The molecular weight excluding hydrogens is 358 g/mol. The standard InChI is InChI=1S/C20H25N5O3/c1-20(2,3)25-13-15(12-21-25)22-17(26)6-5-7-18-23-19(24-28-18)14-8-10-16(27-4)11-9-14/h8-13H,5-7H2,1-4H3,(H,22,26). The number of aryl methyl sites for hydroxylation is 1. The lowest BCUT2D eigenvalue weighted by atomic mass is 10.1. The van der Waals surface area contributed by atoms with E-state index in [1.165, 1.54) is 0 Å². The van der Waals surface area contributed by atoms with Crippen molar-refractivity contribution in [3.05, 3.63) is 42.5 Å². The summed E-state index contributed by atoms with van der Waals surface area (Å²) in [6.07, 6.45) is 5.00. The molecule has 0 aliphatic carbocycles. The number of carbonyl (C=O) groups is 1. The van der Waals surface area contributed by atoms with Crippen molar-refractivity contribution in [3.63, 3.8) is 0 Å². The van der Waals surface area contributed by atoms with E-state index in [1.54, 1.807) is 13.3 Å². The third-order valence-corrected chi connectivity index (χ3v) is 4.16. The first-order chi connectivity index (χ1) is 13.3. The van der Waals surface area contributed by atoms with E-state index in [0.29, 0.717) is 36.7 Å². The van der Waals surface area contributed by atoms with E-state index in [-0.39, 0.29) is 11.4 Å². The SMILES string of the molecule is COc1ccc(-c2noc(CCCC(=O)Nc3cnn(C(C)(C)C)c3)n2)cc1. The Labute approximate surface area is 163 Å². The van der Waals surface area contributed by atoms with Crippen LogP contribution in [0.3, 0.4) is 0 Å². The molecule has 0 aliphatic heterocycles. The van der Waals surface area contributed by atoms with Crippen LogP contribution in [-0.2, 0) is 16.8 Å². The van der Waals surface area contributed by atoms with Crippen molar-refractivity contribution < 1.29 is 14.1 Å². The van der Waals surface area contributed by atoms with Gasteiger partial charge in [-0.05, 0) is 51.5 Å². The first-order valence-corrected chi connectivity index (χ1v) is 9.17. The van der Waals surface area contributed by atoms with E-state index >= 15 is 0 Å². The lowest BCUT2D eigenvalue weighted by molar-refractivity contribution is -0.116. The van der Waals surface area contributed by atoms with Crippen LogP contribution in [0.1, 0.15) is 39.5 Å². The summed E-state index contributed by atoms with van der Waals surface area (Å²) in [6, 6.07) is 7.44. The maximum Gasteiger partial charge on any atom is 0.226 e.